The molecular formula is C13H16O4. The van der Waals surface area contributed by atoms with Gasteiger partial charge < -0.3 is 9.47 Å². The molecule has 4 atom stereocenters. The van der Waals surface area contributed by atoms with Crippen molar-refractivity contribution in [2.45, 2.75) is 19.4 Å². The van der Waals surface area contributed by atoms with Gasteiger partial charge in [-0.1, -0.05) is 18.7 Å². The third-order valence-electron chi connectivity index (χ3n) is 3.63. The first-order valence-electron chi connectivity index (χ1n) is 5.71. The molecule has 1 aliphatic heterocycles. The van der Waals surface area contributed by atoms with Gasteiger partial charge in [-0.3, -0.25) is 9.59 Å². The predicted molar refractivity (Wildman–Crippen MR) is 60.9 cm³/mol. The van der Waals surface area contributed by atoms with Gasteiger partial charge in [0, 0.05) is 5.92 Å². The maximum atomic E-state index is 11.8. The number of cyclic esters (lactones) is 1. The fraction of sp³-hybridized carbons (Fsp3) is 0.538. The van der Waals surface area contributed by atoms with Crippen LogP contribution in [-0.2, 0) is 19.1 Å². The van der Waals surface area contributed by atoms with E-state index in [0.717, 1.165) is 5.57 Å². The Morgan fingerprint density at radius 1 is 1.59 bits per heavy atom. The molecule has 92 valence electrons. The third kappa shape index (κ3) is 1.77. The Balaban J connectivity index is 2.37. The molecular weight excluding hydrogens is 220 g/mol. The van der Waals surface area contributed by atoms with Crippen LogP contribution >= 0.6 is 0 Å². The van der Waals surface area contributed by atoms with Gasteiger partial charge >= 0.3 is 11.9 Å². The van der Waals surface area contributed by atoms with E-state index in [1.165, 1.54) is 7.11 Å². The van der Waals surface area contributed by atoms with Crippen molar-refractivity contribution in [3.05, 3.63) is 24.3 Å². The van der Waals surface area contributed by atoms with Gasteiger partial charge in [0.1, 0.15) is 6.10 Å². The summed E-state index contributed by atoms with van der Waals surface area (Å²) in [5.41, 5.74) is 0.994. The second-order valence-corrected chi connectivity index (χ2v) is 4.47. The second-order valence-electron chi connectivity index (χ2n) is 4.47. The average molecular weight is 236 g/mol. The first kappa shape index (κ1) is 11.9. The zero-order valence-corrected chi connectivity index (χ0v) is 10.0. The van der Waals surface area contributed by atoms with Gasteiger partial charge in [0.2, 0.25) is 0 Å². The van der Waals surface area contributed by atoms with Gasteiger partial charge in [-0.25, -0.2) is 0 Å². The number of ether oxygens (including phenoxy) is 2. The van der Waals surface area contributed by atoms with Gasteiger partial charge in [0.05, 0.1) is 18.9 Å². The van der Waals surface area contributed by atoms with E-state index >= 15 is 0 Å². The van der Waals surface area contributed by atoms with Gasteiger partial charge in [-0.15, -0.1) is 0 Å². The Morgan fingerprint density at radius 3 is 2.88 bits per heavy atom. The van der Waals surface area contributed by atoms with Crippen LogP contribution in [0.15, 0.2) is 24.3 Å². The molecule has 0 amide bonds. The van der Waals surface area contributed by atoms with Crippen LogP contribution in [0.3, 0.4) is 0 Å². The lowest BCUT2D eigenvalue weighted by Gasteiger charge is -2.29. The Bertz CT molecular complexity index is 396. The van der Waals surface area contributed by atoms with Crippen molar-refractivity contribution in [3.8, 4) is 0 Å². The van der Waals surface area contributed by atoms with E-state index in [1.807, 2.05) is 13.0 Å². The van der Waals surface area contributed by atoms with Gasteiger partial charge in [-0.05, 0) is 18.9 Å². The van der Waals surface area contributed by atoms with Gasteiger partial charge in [-0.2, -0.15) is 0 Å². The normalized spacial score (nSPS) is 35.6. The molecule has 4 heteroatoms. The minimum atomic E-state index is -0.425. The van der Waals surface area contributed by atoms with E-state index in [1.54, 1.807) is 6.08 Å². The fourth-order valence-corrected chi connectivity index (χ4v) is 2.83. The highest BCUT2D eigenvalue weighted by molar-refractivity contribution is 5.85. The summed E-state index contributed by atoms with van der Waals surface area (Å²) in [5, 5.41) is 0. The number of methoxy groups -OCH3 is 1. The summed E-state index contributed by atoms with van der Waals surface area (Å²) in [4.78, 5) is 23.5. The van der Waals surface area contributed by atoms with E-state index in [0.29, 0.717) is 6.42 Å². The Hall–Kier alpha value is -1.58. The molecule has 1 aliphatic carbocycles. The van der Waals surface area contributed by atoms with Crippen LogP contribution in [0, 0.1) is 17.8 Å². The monoisotopic (exact) mass is 236 g/mol. The molecule has 0 bridgehead atoms. The molecule has 2 aliphatic rings. The molecule has 1 fully saturated rings. The van der Waals surface area contributed by atoms with Gasteiger partial charge in [0.15, 0.2) is 0 Å². The predicted octanol–water partition coefficient (Wildman–Crippen LogP) is 1.47. The van der Waals surface area contributed by atoms with E-state index in [-0.39, 0.29) is 24.0 Å². The Labute approximate surface area is 100 Å². The quantitative estimate of drug-likeness (QED) is 0.681. The first-order valence-corrected chi connectivity index (χ1v) is 5.71. The van der Waals surface area contributed by atoms with Gasteiger partial charge in [0.25, 0.3) is 0 Å². The van der Waals surface area contributed by atoms with Crippen molar-refractivity contribution >= 4 is 11.9 Å². The Morgan fingerprint density at radius 2 is 2.29 bits per heavy atom. The number of rotatable bonds is 2. The SMILES string of the molecule is C=CC1=CC[C@H](C(=O)OC)[C@@H]2C(=O)O[C@@H](C)[C@H]12. The summed E-state index contributed by atoms with van der Waals surface area (Å²) in [6.45, 7) is 5.59. The molecule has 0 aromatic heterocycles. The molecule has 1 saturated heterocycles. The van der Waals surface area contributed by atoms with Crippen LogP contribution in [0.25, 0.3) is 0 Å². The second kappa shape index (κ2) is 4.35. The number of hydrogen-bond acceptors (Lipinski definition) is 4. The molecule has 1 heterocycles. The summed E-state index contributed by atoms with van der Waals surface area (Å²) in [7, 11) is 1.34. The molecule has 17 heavy (non-hydrogen) atoms. The topological polar surface area (TPSA) is 52.6 Å². The number of hydrogen-bond donors (Lipinski definition) is 0. The third-order valence-corrected chi connectivity index (χ3v) is 3.63. The number of esters is 2. The Kier molecular flexibility index (Phi) is 3.05. The van der Waals surface area contributed by atoms with Crippen LogP contribution in [0.4, 0.5) is 0 Å². The average Bonchev–Trinajstić information content (AvgIpc) is 2.64. The first-order chi connectivity index (χ1) is 8.10. The van der Waals surface area contributed by atoms with Crippen molar-refractivity contribution in [3.63, 3.8) is 0 Å². The molecule has 0 aromatic rings. The lowest BCUT2D eigenvalue weighted by atomic mass is 9.71. The number of allylic oxidation sites excluding steroid dienone is 2. The highest BCUT2D eigenvalue weighted by Crippen LogP contribution is 2.44. The number of carbonyl (C=O) groups is 2. The van der Waals surface area contributed by atoms with E-state index in [9.17, 15) is 9.59 Å². The maximum absolute atomic E-state index is 11.8. The summed E-state index contributed by atoms with van der Waals surface area (Å²) in [6.07, 6.45) is 4.00. The number of fused-ring (bicyclic) bond motifs is 1. The zero-order valence-electron chi connectivity index (χ0n) is 10.0. The highest BCUT2D eigenvalue weighted by atomic mass is 16.6. The summed E-state index contributed by atoms with van der Waals surface area (Å²) < 4.78 is 9.98. The van der Waals surface area contributed by atoms with Crippen molar-refractivity contribution in [1.82, 2.24) is 0 Å². The van der Waals surface area contributed by atoms with Crippen LogP contribution in [-0.4, -0.2) is 25.2 Å². The maximum Gasteiger partial charge on any atom is 0.310 e. The lowest BCUT2D eigenvalue weighted by molar-refractivity contribution is -0.154. The summed E-state index contributed by atoms with van der Waals surface area (Å²) >= 11 is 0. The zero-order chi connectivity index (χ0) is 12.6. The largest absolute Gasteiger partial charge is 0.469 e. The molecule has 4 nitrogen and oxygen atoms in total. The van der Waals surface area contributed by atoms with Crippen LogP contribution in [0.5, 0.6) is 0 Å². The number of carbonyl (C=O) groups excluding carboxylic acids is 2. The van der Waals surface area contributed by atoms with E-state index in [4.69, 9.17) is 9.47 Å². The van der Waals surface area contributed by atoms with E-state index < -0.39 is 11.8 Å². The van der Waals surface area contributed by atoms with Crippen LogP contribution in [0.1, 0.15) is 13.3 Å². The summed E-state index contributed by atoms with van der Waals surface area (Å²) in [6, 6.07) is 0. The molecule has 0 N–H and O–H groups in total. The smallest absolute Gasteiger partial charge is 0.310 e. The summed E-state index contributed by atoms with van der Waals surface area (Å²) in [5.74, 6) is -1.56. The standard InChI is InChI=1S/C13H16O4/c1-4-8-5-6-9(12(14)16-3)11-10(8)7(2)17-13(11)15/h4-5,7,9-11H,1,6H2,2-3H3/t7-,9-,10+,11-/m0/s1. The van der Waals surface area contributed by atoms with Crippen molar-refractivity contribution in [2.24, 2.45) is 17.8 Å². The van der Waals surface area contributed by atoms with Crippen molar-refractivity contribution < 1.29 is 19.1 Å². The van der Waals surface area contributed by atoms with Crippen LogP contribution in [0.2, 0.25) is 0 Å². The van der Waals surface area contributed by atoms with Crippen molar-refractivity contribution in [2.75, 3.05) is 7.11 Å². The molecule has 0 unspecified atom stereocenters. The minimum Gasteiger partial charge on any atom is -0.469 e. The van der Waals surface area contributed by atoms with E-state index in [2.05, 4.69) is 6.58 Å². The molecule has 0 aromatic carbocycles. The highest BCUT2D eigenvalue weighted by Gasteiger charge is 2.51. The molecule has 2 rings (SSSR count). The molecule has 0 spiro atoms. The minimum absolute atomic E-state index is 0.0714. The fourth-order valence-electron chi connectivity index (χ4n) is 2.83. The molecule has 0 radical (unpaired) electrons. The lowest BCUT2D eigenvalue weighted by Crippen LogP contribution is -2.36. The van der Waals surface area contributed by atoms with Crippen molar-refractivity contribution in [1.29, 1.82) is 0 Å². The van der Waals surface area contributed by atoms with Crippen LogP contribution < -0.4 is 0 Å². The molecule has 0 saturated carbocycles.